The Balaban J connectivity index is 3.20. The summed E-state index contributed by atoms with van der Waals surface area (Å²) in [6.07, 6.45) is 1.86. The smallest absolute Gasteiger partial charge is 0.387 e. The van der Waals surface area contributed by atoms with Gasteiger partial charge in [0.2, 0.25) is 0 Å². The first-order valence-corrected chi connectivity index (χ1v) is 5.01. The summed E-state index contributed by atoms with van der Waals surface area (Å²) >= 11 is 11.3. The van der Waals surface area contributed by atoms with Gasteiger partial charge in [-0.1, -0.05) is 23.2 Å². The Labute approximate surface area is 105 Å². The lowest BCUT2D eigenvalue weighted by Gasteiger charge is -2.10. The summed E-state index contributed by atoms with van der Waals surface area (Å²) in [5.41, 5.74) is 0.0992. The van der Waals surface area contributed by atoms with E-state index < -0.39 is 12.6 Å². The average Bonchev–Trinajstić information content (AvgIpc) is 2.23. The number of hydrogen-bond acceptors (Lipinski definition) is 2. The molecule has 1 N–H and O–H groups in total. The third kappa shape index (κ3) is 3.87. The van der Waals surface area contributed by atoms with E-state index in [2.05, 4.69) is 4.74 Å². The molecule has 0 unspecified atom stereocenters. The molecule has 0 aliphatic heterocycles. The number of rotatable bonds is 4. The first kappa shape index (κ1) is 13.7. The maximum atomic E-state index is 12.1. The molecule has 0 aliphatic rings. The van der Waals surface area contributed by atoms with Crippen molar-refractivity contribution >= 4 is 35.2 Å². The van der Waals surface area contributed by atoms with Gasteiger partial charge >= 0.3 is 12.6 Å². The molecule has 17 heavy (non-hydrogen) atoms. The van der Waals surface area contributed by atoms with Gasteiger partial charge in [-0.3, -0.25) is 0 Å². The van der Waals surface area contributed by atoms with Crippen LogP contribution in [0, 0.1) is 0 Å². The lowest BCUT2D eigenvalue weighted by Crippen LogP contribution is -2.04. The Morgan fingerprint density at radius 1 is 1.41 bits per heavy atom. The molecule has 0 bridgehead atoms. The van der Waals surface area contributed by atoms with Crippen LogP contribution in [0.3, 0.4) is 0 Å². The van der Waals surface area contributed by atoms with Gasteiger partial charge in [-0.2, -0.15) is 8.78 Å². The van der Waals surface area contributed by atoms with Crippen LogP contribution in [0.4, 0.5) is 8.78 Å². The van der Waals surface area contributed by atoms with Gasteiger partial charge in [-0.25, -0.2) is 4.79 Å². The van der Waals surface area contributed by atoms with Gasteiger partial charge < -0.3 is 9.84 Å². The van der Waals surface area contributed by atoms with Gasteiger partial charge in [0, 0.05) is 11.6 Å². The van der Waals surface area contributed by atoms with Crippen LogP contribution in [0.15, 0.2) is 18.2 Å². The van der Waals surface area contributed by atoms with E-state index in [9.17, 15) is 13.6 Å². The summed E-state index contributed by atoms with van der Waals surface area (Å²) in [5.74, 6) is -1.58. The second-order valence-electron chi connectivity index (χ2n) is 2.83. The van der Waals surface area contributed by atoms with E-state index in [1.807, 2.05) is 0 Å². The molecule has 1 rings (SSSR count). The van der Waals surface area contributed by atoms with E-state index in [1.54, 1.807) is 0 Å². The number of alkyl halides is 2. The Morgan fingerprint density at radius 3 is 2.59 bits per heavy atom. The molecule has 0 radical (unpaired) electrons. The minimum absolute atomic E-state index is 0.0368. The van der Waals surface area contributed by atoms with Crippen molar-refractivity contribution in [2.24, 2.45) is 0 Å². The minimum Gasteiger partial charge on any atom is -0.478 e. The fourth-order valence-electron chi connectivity index (χ4n) is 1.05. The van der Waals surface area contributed by atoms with Gasteiger partial charge in [0.05, 0.1) is 5.02 Å². The fraction of sp³-hybridized carbons (Fsp3) is 0.100. The second kappa shape index (κ2) is 5.84. The first-order valence-electron chi connectivity index (χ1n) is 4.25. The molecule has 0 heterocycles. The van der Waals surface area contributed by atoms with Crippen LogP contribution in [-0.4, -0.2) is 17.7 Å². The molecular formula is C10H6Cl2F2O3. The van der Waals surface area contributed by atoms with E-state index in [1.165, 1.54) is 12.1 Å². The lowest BCUT2D eigenvalue weighted by atomic mass is 10.2. The molecule has 1 aromatic carbocycles. The maximum absolute atomic E-state index is 12.1. The Kier molecular flexibility index (Phi) is 4.72. The van der Waals surface area contributed by atoms with Gasteiger partial charge in [0.1, 0.15) is 5.02 Å². The zero-order valence-electron chi connectivity index (χ0n) is 8.16. The highest BCUT2D eigenvalue weighted by molar-refractivity contribution is 6.43. The predicted molar refractivity (Wildman–Crippen MR) is 59.8 cm³/mol. The summed E-state index contributed by atoms with van der Waals surface area (Å²) in [6, 6.07) is 2.68. The topological polar surface area (TPSA) is 46.5 Å². The molecule has 0 aromatic heterocycles. The van der Waals surface area contributed by atoms with Crippen molar-refractivity contribution < 1.29 is 23.4 Å². The molecule has 0 fully saturated rings. The zero-order chi connectivity index (χ0) is 13.0. The minimum atomic E-state index is -3.08. The summed E-state index contributed by atoms with van der Waals surface area (Å²) in [5, 5.41) is 8.28. The lowest BCUT2D eigenvalue weighted by molar-refractivity contribution is -0.131. The second-order valence-corrected chi connectivity index (χ2v) is 3.61. The van der Waals surface area contributed by atoms with Crippen molar-refractivity contribution in [1.82, 2.24) is 0 Å². The number of halogens is 4. The van der Waals surface area contributed by atoms with Crippen LogP contribution in [0.2, 0.25) is 10.0 Å². The van der Waals surface area contributed by atoms with Crippen LogP contribution in [0.5, 0.6) is 5.75 Å². The van der Waals surface area contributed by atoms with Crippen molar-refractivity contribution in [2.75, 3.05) is 0 Å². The van der Waals surface area contributed by atoms with E-state index in [0.717, 1.165) is 12.2 Å². The largest absolute Gasteiger partial charge is 0.478 e. The number of carboxylic acid groups (broad SMARTS) is 1. The average molecular weight is 283 g/mol. The van der Waals surface area contributed by atoms with Crippen LogP contribution in [-0.2, 0) is 4.79 Å². The normalized spacial score (nSPS) is 11.1. The number of hydrogen-bond donors (Lipinski definition) is 1. The summed E-state index contributed by atoms with van der Waals surface area (Å²) in [4.78, 5) is 10.3. The van der Waals surface area contributed by atoms with Crippen molar-refractivity contribution in [1.29, 1.82) is 0 Å². The van der Waals surface area contributed by atoms with Crippen LogP contribution < -0.4 is 4.74 Å². The molecule has 3 nitrogen and oxygen atoms in total. The molecule has 0 saturated carbocycles. The standard InChI is InChI=1S/C10H6Cl2F2O3/c11-6-3-1-5(2-4-7(15)16)9(8(6)12)17-10(13)14/h1-4,10H,(H,15,16)/b4-2+. The van der Waals surface area contributed by atoms with Gasteiger partial charge in [-0.15, -0.1) is 0 Å². The Morgan fingerprint density at radius 2 is 2.06 bits per heavy atom. The van der Waals surface area contributed by atoms with E-state index in [0.29, 0.717) is 0 Å². The summed E-state index contributed by atoms with van der Waals surface area (Å²) < 4.78 is 28.5. The molecule has 0 spiro atoms. The number of aliphatic carboxylic acids is 1. The van der Waals surface area contributed by atoms with E-state index >= 15 is 0 Å². The molecule has 7 heteroatoms. The number of carboxylic acids is 1. The molecule has 92 valence electrons. The quantitative estimate of drug-likeness (QED) is 0.857. The van der Waals surface area contributed by atoms with Crippen molar-refractivity contribution in [2.45, 2.75) is 6.61 Å². The molecule has 0 saturated heterocycles. The summed E-state index contributed by atoms with van der Waals surface area (Å²) in [6.45, 7) is -3.08. The first-order chi connectivity index (χ1) is 7.91. The molecule has 0 amide bonds. The zero-order valence-corrected chi connectivity index (χ0v) is 9.67. The third-order valence-corrected chi connectivity index (χ3v) is 2.48. The van der Waals surface area contributed by atoms with Crippen molar-refractivity contribution in [3.8, 4) is 5.75 Å². The Bertz CT molecular complexity index is 461. The SMILES string of the molecule is O=C(O)/C=C/c1ccc(Cl)c(Cl)c1OC(F)F. The van der Waals surface area contributed by atoms with Crippen molar-refractivity contribution in [3.05, 3.63) is 33.8 Å². The van der Waals surface area contributed by atoms with Gasteiger partial charge in [-0.05, 0) is 18.2 Å². The highest BCUT2D eigenvalue weighted by atomic mass is 35.5. The Hall–Kier alpha value is -1.33. The molecule has 0 aliphatic carbocycles. The highest BCUT2D eigenvalue weighted by Crippen LogP contribution is 2.36. The third-order valence-electron chi connectivity index (χ3n) is 1.69. The highest BCUT2D eigenvalue weighted by Gasteiger charge is 2.15. The molecular weight excluding hydrogens is 277 g/mol. The summed E-state index contributed by atoms with van der Waals surface area (Å²) in [7, 11) is 0. The maximum Gasteiger partial charge on any atom is 0.387 e. The van der Waals surface area contributed by atoms with Crippen LogP contribution >= 0.6 is 23.2 Å². The predicted octanol–water partition coefficient (Wildman–Crippen LogP) is 3.69. The number of carbonyl (C=O) groups is 1. The van der Waals surface area contributed by atoms with Crippen LogP contribution in [0.25, 0.3) is 6.08 Å². The van der Waals surface area contributed by atoms with E-state index in [4.69, 9.17) is 28.3 Å². The fourth-order valence-corrected chi connectivity index (χ4v) is 1.41. The van der Waals surface area contributed by atoms with Crippen molar-refractivity contribution in [3.63, 3.8) is 0 Å². The van der Waals surface area contributed by atoms with Crippen LogP contribution in [0.1, 0.15) is 5.56 Å². The monoisotopic (exact) mass is 282 g/mol. The molecule has 0 atom stereocenters. The van der Waals surface area contributed by atoms with Gasteiger partial charge in [0.15, 0.2) is 5.75 Å². The van der Waals surface area contributed by atoms with Gasteiger partial charge in [0.25, 0.3) is 0 Å². The number of ether oxygens (including phenoxy) is 1. The number of benzene rings is 1. The molecule has 1 aromatic rings. The van der Waals surface area contributed by atoms with E-state index in [-0.39, 0.29) is 21.4 Å².